The number of thioether (sulfide) groups is 1. The average molecular weight is 405 g/mol. The number of nitrogens with one attached hydrogen (secondary N) is 1. The number of carbonyl (C=O) groups is 2. The molecular formula is C20H24FN3O3S. The van der Waals surface area contributed by atoms with Crippen LogP contribution < -0.4 is 15.1 Å². The molecule has 0 radical (unpaired) electrons. The van der Waals surface area contributed by atoms with E-state index in [0.717, 1.165) is 32.4 Å². The Labute approximate surface area is 167 Å². The number of halogens is 1. The van der Waals surface area contributed by atoms with Crippen LogP contribution in [0, 0.1) is 17.2 Å². The standard InChI is InChI=1S/C20H24FN3O3S/c21-16-6-14(4-5-17(16)23-9-20(10-23)11-28-12-20)24-8-15(27-19(24)26)7-22-18(25)13-2-1-3-13/h4-6,13,15H,1-3,7-12H2,(H,22,25). The third-order valence-electron chi connectivity index (χ3n) is 6.31. The van der Waals surface area contributed by atoms with Crippen molar-refractivity contribution in [1.82, 2.24) is 5.32 Å². The fourth-order valence-electron chi connectivity index (χ4n) is 4.30. The fraction of sp³-hybridized carbons (Fsp3) is 0.600. The molecule has 8 heteroatoms. The number of amides is 2. The summed E-state index contributed by atoms with van der Waals surface area (Å²) in [5, 5.41) is 2.86. The minimum atomic E-state index is -0.496. The molecule has 150 valence electrons. The average Bonchev–Trinajstić information content (AvgIpc) is 2.91. The Hall–Kier alpha value is -1.96. The summed E-state index contributed by atoms with van der Waals surface area (Å²) in [5.41, 5.74) is 1.49. The maximum atomic E-state index is 14.7. The van der Waals surface area contributed by atoms with E-state index in [-0.39, 0.29) is 17.6 Å². The summed E-state index contributed by atoms with van der Waals surface area (Å²) in [4.78, 5) is 27.7. The van der Waals surface area contributed by atoms with Crippen molar-refractivity contribution in [3.05, 3.63) is 24.0 Å². The van der Waals surface area contributed by atoms with Gasteiger partial charge in [0, 0.05) is 35.9 Å². The topological polar surface area (TPSA) is 61.9 Å². The molecule has 1 aliphatic carbocycles. The normalized spacial score (nSPS) is 25.8. The maximum absolute atomic E-state index is 14.7. The number of carbonyl (C=O) groups excluding carboxylic acids is 2. The molecule has 3 saturated heterocycles. The second-order valence-electron chi connectivity index (χ2n) is 8.47. The van der Waals surface area contributed by atoms with Crippen LogP contribution in [0.1, 0.15) is 19.3 Å². The van der Waals surface area contributed by atoms with Gasteiger partial charge in [-0.15, -0.1) is 0 Å². The number of benzene rings is 1. The zero-order chi connectivity index (χ0) is 19.3. The molecule has 28 heavy (non-hydrogen) atoms. The third-order valence-corrected chi connectivity index (χ3v) is 7.94. The predicted octanol–water partition coefficient (Wildman–Crippen LogP) is 2.62. The summed E-state index contributed by atoms with van der Waals surface area (Å²) in [5.74, 6) is 2.17. The van der Waals surface area contributed by atoms with Gasteiger partial charge in [0.2, 0.25) is 5.91 Å². The molecule has 0 bridgehead atoms. The van der Waals surface area contributed by atoms with Gasteiger partial charge in [0.05, 0.1) is 24.5 Å². The van der Waals surface area contributed by atoms with Gasteiger partial charge >= 0.3 is 6.09 Å². The summed E-state index contributed by atoms with van der Waals surface area (Å²) in [7, 11) is 0. The number of ether oxygens (including phenoxy) is 1. The smallest absolute Gasteiger partial charge is 0.414 e. The monoisotopic (exact) mass is 405 g/mol. The summed E-state index contributed by atoms with van der Waals surface area (Å²) >= 11 is 1.95. The Morgan fingerprint density at radius 2 is 2.11 bits per heavy atom. The van der Waals surface area contributed by atoms with E-state index in [9.17, 15) is 14.0 Å². The van der Waals surface area contributed by atoms with E-state index in [4.69, 9.17) is 4.74 Å². The first-order chi connectivity index (χ1) is 13.5. The molecule has 3 heterocycles. The van der Waals surface area contributed by atoms with Crippen molar-refractivity contribution in [1.29, 1.82) is 0 Å². The number of anilines is 2. The lowest BCUT2D eigenvalue weighted by molar-refractivity contribution is -0.127. The molecule has 2 amide bonds. The van der Waals surface area contributed by atoms with Crippen LogP contribution in [0.3, 0.4) is 0 Å². The van der Waals surface area contributed by atoms with Crippen molar-refractivity contribution in [3.8, 4) is 0 Å². The number of cyclic esters (lactones) is 1. The van der Waals surface area contributed by atoms with Crippen LogP contribution in [-0.2, 0) is 9.53 Å². The largest absolute Gasteiger partial charge is 0.442 e. The van der Waals surface area contributed by atoms with Gasteiger partial charge in [0.25, 0.3) is 0 Å². The molecule has 6 nitrogen and oxygen atoms in total. The summed E-state index contributed by atoms with van der Waals surface area (Å²) in [6.45, 7) is 2.42. The van der Waals surface area contributed by atoms with Gasteiger partial charge in [-0.2, -0.15) is 11.8 Å². The zero-order valence-electron chi connectivity index (χ0n) is 15.7. The predicted molar refractivity (Wildman–Crippen MR) is 106 cm³/mol. The van der Waals surface area contributed by atoms with E-state index in [2.05, 4.69) is 10.2 Å². The number of hydrogen-bond donors (Lipinski definition) is 1. The second kappa shape index (κ2) is 6.83. The quantitative estimate of drug-likeness (QED) is 0.816. The van der Waals surface area contributed by atoms with E-state index in [1.54, 1.807) is 12.1 Å². The molecule has 1 saturated carbocycles. The third kappa shape index (κ3) is 3.11. The van der Waals surface area contributed by atoms with Crippen molar-refractivity contribution < 1.29 is 18.7 Å². The lowest BCUT2D eigenvalue weighted by Gasteiger charge is -2.56. The number of rotatable bonds is 5. The maximum Gasteiger partial charge on any atom is 0.414 e. The van der Waals surface area contributed by atoms with Crippen LogP contribution in [0.4, 0.5) is 20.6 Å². The molecule has 1 aromatic rings. The van der Waals surface area contributed by atoms with Crippen molar-refractivity contribution in [3.63, 3.8) is 0 Å². The summed E-state index contributed by atoms with van der Waals surface area (Å²) in [6, 6.07) is 4.93. The van der Waals surface area contributed by atoms with Gasteiger partial charge in [0.1, 0.15) is 11.9 Å². The molecule has 1 atom stereocenters. The van der Waals surface area contributed by atoms with E-state index in [0.29, 0.717) is 29.9 Å². The number of hydrogen-bond acceptors (Lipinski definition) is 5. The highest BCUT2D eigenvalue weighted by atomic mass is 32.2. The molecule has 4 aliphatic rings. The van der Waals surface area contributed by atoms with Gasteiger partial charge in [0.15, 0.2) is 0 Å². The van der Waals surface area contributed by atoms with Crippen molar-refractivity contribution in [2.75, 3.05) is 47.5 Å². The minimum absolute atomic E-state index is 0.0355. The molecule has 1 spiro atoms. The van der Waals surface area contributed by atoms with E-state index >= 15 is 0 Å². The SMILES string of the molecule is O=C(NCC1CN(c2ccc(N3CC4(CSC4)C3)c(F)c2)C(=O)O1)C1CCC1. The zero-order valence-corrected chi connectivity index (χ0v) is 16.5. The van der Waals surface area contributed by atoms with Gasteiger partial charge in [-0.1, -0.05) is 6.42 Å². The van der Waals surface area contributed by atoms with Crippen LogP contribution >= 0.6 is 11.8 Å². The van der Waals surface area contributed by atoms with E-state index in [1.807, 2.05) is 11.8 Å². The Balaban J connectivity index is 1.19. The highest BCUT2D eigenvalue weighted by molar-refractivity contribution is 8.00. The highest BCUT2D eigenvalue weighted by Gasteiger charge is 2.48. The Morgan fingerprint density at radius 3 is 2.71 bits per heavy atom. The molecular weight excluding hydrogens is 381 g/mol. The Kier molecular flexibility index (Phi) is 4.41. The molecule has 3 aliphatic heterocycles. The van der Waals surface area contributed by atoms with Crippen molar-refractivity contribution in [2.24, 2.45) is 11.3 Å². The minimum Gasteiger partial charge on any atom is -0.442 e. The Bertz CT molecular complexity index is 804. The van der Waals surface area contributed by atoms with Gasteiger partial charge in [-0.05, 0) is 31.0 Å². The molecule has 1 aromatic carbocycles. The first kappa shape index (κ1) is 18.1. The van der Waals surface area contributed by atoms with Crippen molar-refractivity contribution in [2.45, 2.75) is 25.4 Å². The molecule has 1 unspecified atom stereocenters. The van der Waals surface area contributed by atoms with Gasteiger partial charge in [-0.25, -0.2) is 9.18 Å². The first-order valence-corrected chi connectivity index (χ1v) is 11.1. The van der Waals surface area contributed by atoms with Crippen LogP contribution in [0.5, 0.6) is 0 Å². The van der Waals surface area contributed by atoms with Gasteiger partial charge < -0.3 is 15.0 Å². The lowest BCUT2D eigenvalue weighted by atomic mass is 9.82. The number of nitrogens with zero attached hydrogens (tertiary/aromatic N) is 2. The van der Waals surface area contributed by atoms with Crippen LogP contribution in [0.2, 0.25) is 0 Å². The summed E-state index contributed by atoms with van der Waals surface area (Å²) in [6.07, 6.45) is 2.06. The van der Waals surface area contributed by atoms with E-state index < -0.39 is 12.2 Å². The Morgan fingerprint density at radius 1 is 1.32 bits per heavy atom. The fourth-order valence-corrected chi connectivity index (χ4v) is 5.44. The highest BCUT2D eigenvalue weighted by Crippen LogP contribution is 2.47. The molecule has 1 N–H and O–H groups in total. The lowest BCUT2D eigenvalue weighted by Crippen LogP contribution is -2.63. The van der Waals surface area contributed by atoms with Crippen LogP contribution in [-0.4, -0.2) is 55.8 Å². The second-order valence-corrected chi connectivity index (χ2v) is 9.46. The van der Waals surface area contributed by atoms with Crippen molar-refractivity contribution >= 4 is 35.1 Å². The van der Waals surface area contributed by atoms with Gasteiger partial charge in [-0.3, -0.25) is 9.69 Å². The van der Waals surface area contributed by atoms with Crippen LogP contribution in [0.15, 0.2) is 18.2 Å². The molecule has 0 aromatic heterocycles. The molecule has 5 rings (SSSR count). The molecule has 4 fully saturated rings. The van der Waals surface area contributed by atoms with E-state index in [1.165, 1.54) is 22.5 Å². The first-order valence-electron chi connectivity index (χ1n) is 9.91. The van der Waals surface area contributed by atoms with Crippen LogP contribution in [0.25, 0.3) is 0 Å². The summed E-state index contributed by atoms with van der Waals surface area (Å²) < 4.78 is 20.0.